The highest BCUT2D eigenvalue weighted by molar-refractivity contribution is 7.00. The highest BCUT2D eigenvalue weighted by atomic mass is 32.1. The third-order valence-corrected chi connectivity index (χ3v) is 13.6. The lowest BCUT2D eigenvalue weighted by molar-refractivity contribution is 0.103. The normalized spacial score (nSPS) is 11.6. The van der Waals surface area contributed by atoms with E-state index in [4.69, 9.17) is 8.75 Å². The lowest BCUT2D eigenvalue weighted by atomic mass is 9.86. The second-order valence-corrected chi connectivity index (χ2v) is 20.5. The first-order valence-corrected chi connectivity index (χ1v) is 24.7. The van der Waals surface area contributed by atoms with Crippen LogP contribution in [0, 0.1) is 0 Å². The molecule has 0 bridgehead atoms. The van der Waals surface area contributed by atoms with Crippen molar-refractivity contribution in [2.75, 3.05) is 9.80 Å². The van der Waals surface area contributed by atoms with Gasteiger partial charge in [0.2, 0.25) is 0 Å². The Morgan fingerprint density at radius 3 is 0.901 bits per heavy atom. The monoisotopic (exact) mass is 942 g/mol. The molecule has 0 atom stereocenters. The average Bonchev–Trinajstić information content (AvgIpc) is 3.90. The molecule has 0 saturated heterocycles. The summed E-state index contributed by atoms with van der Waals surface area (Å²) < 4.78 is 9.66. The summed E-state index contributed by atoms with van der Waals surface area (Å²) in [6, 6.07) is 73.5. The van der Waals surface area contributed by atoms with Gasteiger partial charge in [0.1, 0.15) is 11.0 Å². The van der Waals surface area contributed by atoms with E-state index in [0.717, 1.165) is 67.4 Å². The summed E-state index contributed by atoms with van der Waals surface area (Å²) in [7, 11) is 0. The van der Waals surface area contributed by atoms with Crippen molar-refractivity contribution >= 4 is 68.5 Å². The van der Waals surface area contributed by atoms with Crippen LogP contribution in [0.3, 0.4) is 0 Å². The number of hydrogen-bond donors (Lipinski definition) is 0. The molecule has 71 heavy (non-hydrogen) atoms. The van der Waals surface area contributed by atoms with E-state index in [1.54, 1.807) is 0 Å². The minimum absolute atomic E-state index is 0.00000873. The standard InChI is InChI=1S/C64H54N4O2S/c1-63(2,3)49-29-17-45(18-30-49)61(69)47-25-37-55(38-26-47)67(51-13-9-7-10-14-51)53-33-21-43(22-34-53)57-41-42-58(60-59(57)65-71-66-60)44-23-35-54(36-24-44)68(52-15-11-8-12-16-52)56-39-27-48(28-40-56)62(70)46-19-31-50(32-20-46)64(4,5)6/h7-42H,1-6H3. The minimum atomic E-state index is 0.00000873. The Hall–Kier alpha value is -8.26. The average molecular weight is 943 g/mol. The third-order valence-electron chi connectivity index (χ3n) is 13.1. The molecule has 0 spiro atoms. The molecule has 9 aromatic carbocycles. The zero-order valence-electron chi connectivity index (χ0n) is 40.8. The molecule has 348 valence electrons. The Morgan fingerprint density at radius 2 is 0.606 bits per heavy atom. The van der Waals surface area contributed by atoms with Crippen molar-refractivity contribution in [1.29, 1.82) is 0 Å². The van der Waals surface area contributed by atoms with Gasteiger partial charge in [0, 0.05) is 67.5 Å². The van der Waals surface area contributed by atoms with E-state index in [-0.39, 0.29) is 22.4 Å². The van der Waals surface area contributed by atoms with Gasteiger partial charge >= 0.3 is 0 Å². The number of ketones is 2. The SMILES string of the molecule is CC(C)(C)c1ccc(C(=O)c2ccc(N(c3ccccc3)c3ccc(-c4ccc(-c5ccc(N(c6ccccc6)c6ccc(C(=O)c7ccc(C(C)(C)C)cc7)cc6)cc5)c5nsnc45)cc3)cc2)cc1. The van der Waals surface area contributed by atoms with Gasteiger partial charge in [0.05, 0.1) is 11.7 Å². The van der Waals surface area contributed by atoms with Crippen LogP contribution in [0.5, 0.6) is 0 Å². The molecule has 0 aliphatic heterocycles. The van der Waals surface area contributed by atoms with Gasteiger partial charge < -0.3 is 9.80 Å². The van der Waals surface area contributed by atoms with Crippen molar-refractivity contribution in [3.63, 3.8) is 0 Å². The number of aromatic nitrogens is 2. The maximum Gasteiger partial charge on any atom is 0.193 e. The topological polar surface area (TPSA) is 66.4 Å². The number of hydrogen-bond acceptors (Lipinski definition) is 7. The number of carbonyl (C=O) groups excluding carboxylic acids is 2. The van der Waals surface area contributed by atoms with Crippen LogP contribution in [-0.2, 0) is 10.8 Å². The number of rotatable bonds is 12. The van der Waals surface area contributed by atoms with Crippen molar-refractivity contribution in [1.82, 2.24) is 8.75 Å². The fourth-order valence-corrected chi connectivity index (χ4v) is 9.64. The van der Waals surface area contributed by atoms with Gasteiger partial charge in [-0.05, 0) is 130 Å². The van der Waals surface area contributed by atoms with Crippen LogP contribution in [0.25, 0.3) is 33.3 Å². The Kier molecular flexibility index (Phi) is 12.6. The van der Waals surface area contributed by atoms with E-state index in [9.17, 15) is 9.59 Å². The van der Waals surface area contributed by atoms with E-state index in [1.165, 1.54) is 22.9 Å². The molecule has 1 aromatic heterocycles. The van der Waals surface area contributed by atoms with Crippen LogP contribution in [0.15, 0.2) is 218 Å². The number of nitrogens with zero attached hydrogens (tertiary/aromatic N) is 4. The van der Waals surface area contributed by atoms with Crippen molar-refractivity contribution in [2.24, 2.45) is 0 Å². The van der Waals surface area contributed by atoms with Crippen LogP contribution in [0.4, 0.5) is 34.1 Å². The molecule has 10 aromatic rings. The molecular formula is C64H54N4O2S. The largest absolute Gasteiger partial charge is 0.311 e. The minimum Gasteiger partial charge on any atom is -0.311 e. The van der Waals surface area contributed by atoms with E-state index in [0.29, 0.717) is 22.3 Å². The second-order valence-electron chi connectivity index (χ2n) is 20.0. The summed E-state index contributed by atoms with van der Waals surface area (Å²) in [5.41, 5.74) is 16.7. The molecule has 0 unspecified atom stereocenters. The summed E-state index contributed by atoms with van der Waals surface area (Å²) in [4.78, 5) is 31.5. The Balaban J connectivity index is 0.897. The molecule has 1 heterocycles. The van der Waals surface area contributed by atoms with Gasteiger partial charge in [-0.3, -0.25) is 9.59 Å². The van der Waals surface area contributed by atoms with Crippen molar-refractivity contribution in [3.8, 4) is 22.3 Å². The number of fused-ring (bicyclic) bond motifs is 1. The maximum atomic E-state index is 13.6. The summed E-state index contributed by atoms with van der Waals surface area (Å²) >= 11 is 1.22. The maximum absolute atomic E-state index is 13.6. The molecule has 0 amide bonds. The van der Waals surface area contributed by atoms with Crippen molar-refractivity contribution in [3.05, 3.63) is 252 Å². The fourth-order valence-electron chi connectivity index (χ4n) is 9.06. The predicted molar refractivity (Wildman–Crippen MR) is 295 cm³/mol. The van der Waals surface area contributed by atoms with E-state index in [2.05, 4.69) is 136 Å². The summed E-state index contributed by atoms with van der Waals surface area (Å²) in [5.74, 6) is 0.0000175. The quantitative estimate of drug-likeness (QED) is 0.114. The van der Waals surface area contributed by atoms with Crippen LogP contribution in [0.1, 0.15) is 84.5 Å². The first-order chi connectivity index (χ1) is 34.3. The molecule has 0 fully saturated rings. The van der Waals surface area contributed by atoms with Gasteiger partial charge in [-0.25, -0.2) is 0 Å². The summed E-state index contributed by atoms with van der Waals surface area (Å²) in [5, 5.41) is 0. The predicted octanol–water partition coefficient (Wildman–Crippen LogP) is 17.0. The highest BCUT2D eigenvalue weighted by Crippen LogP contribution is 2.41. The third kappa shape index (κ3) is 9.70. The number of carbonyl (C=O) groups is 2. The number of benzene rings is 9. The molecule has 7 heteroatoms. The van der Waals surface area contributed by atoms with Crippen molar-refractivity contribution < 1.29 is 9.59 Å². The highest BCUT2D eigenvalue weighted by Gasteiger charge is 2.21. The van der Waals surface area contributed by atoms with Crippen LogP contribution >= 0.6 is 11.7 Å². The van der Waals surface area contributed by atoms with Gasteiger partial charge in [-0.1, -0.05) is 163 Å². The number of anilines is 6. The van der Waals surface area contributed by atoms with E-state index in [1.807, 2.05) is 133 Å². The van der Waals surface area contributed by atoms with Crippen LogP contribution < -0.4 is 9.80 Å². The van der Waals surface area contributed by atoms with Gasteiger partial charge in [0.15, 0.2) is 11.6 Å². The van der Waals surface area contributed by atoms with E-state index < -0.39 is 0 Å². The molecule has 10 rings (SSSR count). The van der Waals surface area contributed by atoms with Crippen LogP contribution in [-0.4, -0.2) is 20.3 Å². The molecule has 0 aliphatic carbocycles. The summed E-state index contributed by atoms with van der Waals surface area (Å²) in [6.07, 6.45) is 0. The molecule has 0 aliphatic rings. The molecule has 0 N–H and O–H groups in total. The summed E-state index contributed by atoms with van der Waals surface area (Å²) in [6.45, 7) is 13.0. The fraction of sp³-hybridized carbons (Fsp3) is 0.125. The molecule has 6 nitrogen and oxygen atoms in total. The zero-order valence-corrected chi connectivity index (χ0v) is 41.6. The molecule has 0 saturated carbocycles. The lowest BCUT2D eigenvalue weighted by Crippen LogP contribution is -2.12. The zero-order chi connectivity index (χ0) is 49.3. The molecular weight excluding hydrogens is 889 g/mol. The molecule has 0 radical (unpaired) electrons. The van der Waals surface area contributed by atoms with E-state index >= 15 is 0 Å². The van der Waals surface area contributed by atoms with Gasteiger partial charge in [0.25, 0.3) is 0 Å². The second kappa shape index (κ2) is 19.3. The Bertz CT molecular complexity index is 3230. The van der Waals surface area contributed by atoms with Crippen molar-refractivity contribution in [2.45, 2.75) is 52.4 Å². The first-order valence-electron chi connectivity index (χ1n) is 24.0. The Morgan fingerprint density at radius 1 is 0.338 bits per heavy atom. The first kappa shape index (κ1) is 46.5. The van der Waals surface area contributed by atoms with Gasteiger partial charge in [-0.2, -0.15) is 8.75 Å². The van der Waals surface area contributed by atoms with Crippen LogP contribution in [0.2, 0.25) is 0 Å². The number of para-hydroxylation sites is 2. The van der Waals surface area contributed by atoms with Gasteiger partial charge in [-0.15, -0.1) is 0 Å². The lowest BCUT2D eigenvalue weighted by Gasteiger charge is -2.26. The smallest absolute Gasteiger partial charge is 0.193 e. The Labute approximate surface area is 420 Å².